The Labute approximate surface area is 144 Å². The lowest BCUT2D eigenvalue weighted by atomic mass is 10.2. The number of thioether (sulfide) groups is 1. The van der Waals surface area contributed by atoms with Gasteiger partial charge in [-0.15, -0.1) is 0 Å². The normalized spacial score (nSPS) is 10.8. The third kappa shape index (κ3) is 3.61. The number of hydrogen-bond acceptors (Lipinski definition) is 5. The van der Waals surface area contributed by atoms with Crippen LogP contribution in [0.15, 0.2) is 52.4 Å². The van der Waals surface area contributed by atoms with Crippen LogP contribution in [0, 0.1) is 11.6 Å². The van der Waals surface area contributed by atoms with Gasteiger partial charge in [0.15, 0.2) is 5.16 Å². The van der Waals surface area contributed by atoms with E-state index < -0.39 is 23.1 Å². The van der Waals surface area contributed by atoms with Crippen LogP contribution in [0.5, 0.6) is 0 Å². The van der Waals surface area contributed by atoms with Gasteiger partial charge in [0.2, 0.25) is 5.91 Å². The lowest BCUT2D eigenvalue weighted by Gasteiger charge is -2.09. The van der Waals surface area contributed by atoms with E-state index in [4.69, 9.17) is 5.84 Å². The highest BCUT2D eigenvalue weighted by Gasteiger charge is 2.13. The largest absolute Gasteiger partial charge is 0.334 e. The van der Waals surface area contributed by atoms with Crippen molar-refractivity contribution < 1.29 is 13.6 Å². The van der Waals surface area contributed by atoms with Crippen molar-refractivity contribution in [1.82, 2.24) is 9.66 Å². The molecule has 9 heteroatoms. The molecular weight excluding hydrogens is 350 g/mol. The van der Waals surface area contributed by atoms with Crippen molar-refractivity contribution in [2.24, 2.45) is 0 Å². The highest BCUT2D eigenvalue weighted by Crippen LogP contribution is 2.18. The molecule has 1 aromatic heterocycles. The number of para-hydroxylation sites is 1. The van der Waals surface area contributed by atoms with Crippen LogP contribution in [0.4, 0.5) is 14.5 Å². The Balaban J connectivity index is 1.76. The van der Waals surface area contributed by atoms with E-state index >= 15 is 0 Å². The average Bonchev–Trinajstić information content (AvgIpc) is 2.60. The fourth-order valence-corrected chi connectivity index (χ4v) is 2.85. The number of nitrogens with zero attached hydrogens (tertiary/aromatic N) is 2. The van der Waals surface area contributed by atoms with Crippen molar-refractivity contribution in [3.63, 3.8) is 0 Å². The van der Waals surface area contributed by atoms with Crippen LogP contribution in [0.3, 0.4) is 0 Å². The molecule has 0 aliphatic rings. The van der Waals surface area contributed by atoms with Crippen LogP contribution in [0.2, 0.25) is 0 Å². The van der Waals surface area contributed by atoms with Gasteiger partial charge in [0.05, 0.1) is 22.3 Å². The lowest BCUT2D eigenvalue weighted by molar-refractivity contribution is -0.113. The predicted molar refractivity (Wildman–Crippen MR) is 91.9 cm³/mol. The number of anilines is 1. The van der Waals surface area contributed by atoms with Crippen LogP contribution in [0.1, 0.15) is 0 Å². The molecule has 0 saturated carbocycles. The van der Waals surface area contributed by atoms with Crippen LogP contribution in [-0.4, -0.2) is 21.3 Å². The molecule has 3 rings (SSSR count). The van der Waals surface area contributed by atoms with Crippen molar-refractivity contribution in [1.29, 1.82) is 0 Å². The van der Waals surface area contributed by atoms with Crippen molar-refractivity contribution >= 4 is 34.3 Å². The number of nitrogens with one attached hydrogen (secondary N) is 1. The van der Waals surface area contributed by atoms with Crippen LogP contribution in [-0.2, 0) is 4.79 Å². The van der Waals surface area contributed by atoms with Gasteiger partial charge in [0, 0.05) is 6.07 Å². The fraction of sp³-hybridized carbons (Fsp3) is 0.0625. The molecule has 0 aliphatic heterocycles. The molecule has 128 valence electrons. The monoisotopic (exact) mass is 362 g/mol. The van der Waals surface area contributed by atoms with E-state index in [0.717, 1.165) is 34.6 Å². The number of carbonyl (C=O) groups excluding carboxylic acids is 1. The van der Waals surface area contributed by atoms with Gasteiger partial charge in [-0.05, 0) is 24.3 Å². The van der Waals surface area contributed by atoms with E-state index in [1.54, 1.807) is 24.3 Å². The van der Waals surface area contributed by atoms with E-state index in [1.807, 2.05) is 0 Å². The molecule has 0 saturated heterocycles. The van der Waals surface area contributed by atoms with E-state index in [2.05, 4.69) is 10.3 Å². The molecule has 0 aliphatic carbocycles. The zero-order valence-corrected chi connectivity index (χ0v) is 13.5. The number of fused-ring (bicyclic) bond motifs is 1. The molecule has 6 nitrogen and oxygen atoms in total. The number of benzene rings is 2. The Morgan fingerprint density at radius 2 is 2.00 bits per heavy atom. The minimum Gasteiger partial charge on any atom is -0.334 e. The van der Waals surface area contributed by atoms with Gasteiger partial charge in [-0.3, -0.25) is 9.59 Å². The molecule has 0 atom stereocenters. The molecule has 1 heterocycles. The van der Waals surface area contributed by atoms with Gasteiger partial charge < -0.3 is 11.2 Å². The van der Waals surface area contributed by atoms with Gasteiger partial charge in [-0.2, -0.15) is 0 Å². The summed E-state index contributed by atoms with van der Waals surface area (Å²) in [4.78, 5) is 28.3. The Morgan fingerprint density at radius 1 is 1.24 bits per heavy atom. The van der Waals surface area contributed by atoms with E-state index in [1.165, 1.54) is 0 Å². The predicted octanol–water partition coefficient (Wildman–Crippen LogP) is 2.12. The number of rotatable bonds is 4. The molecular formula is C16H12F2N4O2S. The molecule has 3 aromatic rings. The average molecular weight is 362 g/mol. The Hall–Kier alpha value is -2.94. The van der Waals surface area contributed by atoms with Crippen LogP contribution >= 0.6 is 11.8 Å². The first kappa shape index (κ1) is 16.9. The molecule has 0 spiro atoms. The summed E-state index contributed by atoms with van der Waals surface area (Å²) in [7, 11) is 0. The summed E-state index contributed by atoms with van der Waals surface area (Å²) < 4.78 is 27.5. The zero-order chi connectivity index (χ0) is 18.0. The number of nitrogens with two attached hydrogens (primary N) is 1. The second kappa shape index (κ2) is 6.89. The van der Waals surface area contributed by atoms with Gasteiger partial charge >= 0.3 is 0 Å². The van der Waals surface area contributed by atoms with Crippen molar-refractivity contribution in [2.45, 2.75) is 5.16 Å². The minimum absolute atomic E-state index is 0.138. The van der Waals surface area contributed by atoms with Gasteiger partial charge in [-0.25, -0.2) is 18.4 Å². The molecule has 0 unspecified atom stereocenters. The maximum absolute atomic E-state index is 13.5. The first-order valence-electron chi connectivity index (χ1n) is 7.10. The highest BCUT2D eigenvalue weighted by molar-refractivity contribution is 7.99. The molecule has 0 bridgehead atoms. The summed E-state index contributed by atoms with van der Waals surface area (Å²) in [5.41, 5.74) is -0.250. The third-order valence-corrected chi connectivity index (χ3v) is 4.26. The van der Waals surface area contributed by atoms with Crippen LogP contribution in [0.25, 0.3) is 10.9 Å². The number of amides is 1. The third-order valence-electron chi connectivity index (χ3n) is 3.31. The van der Waals surface area contributed by atoms with Crippen molar-refractivity contribution in [2.75, 3.05) is 16.9 Å². The van der Waals surface area contributed by atoms with Crippen molar-refractivity contribution in [3.05, 3.63) is 64.5 Å². The summed E-state index contributed by atoms with van der Waals surface area (Å²) in [5, 5.41) is 2.76. The summed E-state index contributed by atoms with van der Waals surface area (Å²) in [6.45, 7) is 0. The van der Waals surface area contributed by atoms with Gasteiger partial charge in [0.25, 0.3) is 5.56 Å². The summed E-state index contributed by atoms with van der Waals surface area (Å²) >= 11 is 0.912. The topological polar surface area (TPSA) is 90.0 Å². The number of carbonyl (C=O) groups is 1. The summed E-state index contributed by atoms with van der Waals surface area (Å²) in [5.74, 6) is 3.52. The molecule has 25 heavy (non-hydrogen) atoms. The molecule has 2 aromatic carbocycles. The number of nitrogen functional groups attached to an aromatic ring is 1. The van der Waals surface area contributed by atoms with Crippen LogP contribution < -0.4 is 16.7 Å². The smallest absolute Gasteiger partial charge is 0.280 e. The number of aromatic nitrogens is 2. The highest BCUT2D eigenvalue weighted by atomic mass is 32.2. The fourth-order valence-electron chi connectivity index (χ4n) is 2.14. The second-order valence-corrected chi connectivity index (χ2v) is 5.99. The quantitative estimate of drug-likeness (QED) is 0.422. The minimum atomic E-state index is -0.751. The molecule has 0 radical (unpaired) electrons. The van der Waals surface area contributed by atoms with Gasteiger partial charge in [-0.1, -0.05) is 23.9 Å². The SMILES string of the molecule is Nn1c(SCC(=O)Nc2cc(F)ccc2F)nc2ccccc2c1=O. The zero-order valence-electron chi connectivity index (χ0n) is 12.7. The standard InChI is InChI=1S/C16H12F2N4O2S/c17-9-5-6-11(18)13(7-9)20-14(23)8-25-16-21-12-4-2-1-3-10(12)15(24)22(16)19/h1-7H,8,19H2,(H,20,23). The maximum atomic E-state index is 13.5. The van der Waals surface area contributed by atoms with E-state index in [-0.39, 0.29) is 16.6 Å². The number of hydrogen-bond donors (Lipinski definition) is 2. The molecule has 1 amide bonds. The maximum Gasteiger partial charge on any atom is 0.280 e. The van der Waals surface area contributed by atoms with E-state index in [9.17, 15) is 18.4 Å². The van der Waals surface area contributed by atoms with Crippen molar-refractivity contribution in [3.8, 4) is 0 Å². The first-order chi connectivity index (χ1) is 12.0. The van der Waals surface area contributed by atoms with Gasteiger partial charge in [0.1, 0.15) is 11.6 Å². The Morgan fingerprint density at radius 3 is 2.80 bits per heavy atom. The summed E-state index contributed by atoms with van der Waals surface area (Å²) in [6.07, 6.45) is 0. The molecule has 3 N–H and O–H groups in total. The summed E-state index contributed by atoms with van der Waals surface area (Å²) in [6, 6.07) is 9.42. The Kier molecular flexibility index (Phi) is 4.66. The second-order valence-electron chi connectivity index (χ2n) is 5.05. The Bertz CT molecular complexity index is 1020. The molecule has 0 fully saturated rings. The number of halogens is 2. The first-order valence-corrected chi connectivity index (χ1v) is 8.09. The lowest BCUT2D eigenvalue weighted by Crippen LogP contribution is -2.30. The van der Waals surface area contributed by atoms with E-state index in [0.29, 0.717) is 10.9 Å².